The zero-order valence-corrected chi connectivity index (χ0v) is 8.88. The number of hydrogen-bond donors (Lipinski definition) is 0. The van der Waals surface area contributed by atoms with Crippen molar-refractivity contribution in [2.75, 3.05) is 7.05 Å². The zero-order valence-electron chi connectivity index (χ0n) is 8.06. The van der Waals surface area contributed by atoms with Crippen molar-refractivity contribution in [2.24, 2.45) is 0 Å². The first-order valence-electron chi connectivity index (χ1n) is 4.57. The Labute approximate surface area is 87.1 Å². The summed E-state index contributed by atoms with van der Waals surface area (Å²) in [5.74, 6) is 0.241. The van der Waals surface area contributed by atoms with Gasteiger partial charge in [-0.05, 0) is 6.42 Å². The first kappa shape index (κ1) is 9.40. The van der Waals surface area contributed by atoms with Gasteiger partial charge in [-0.15, -0.1) is 11.3 Å². The Kier molecular flexibility index (Phi) is 2.63. The van der Waals surface area contributed by atoms with Gasteiger partial charge >= 0.3 is 0 Å². The van der Waals surface area contributed by atoms with E-state index in [0.717, 1.165) is 24.4 Å². The van der Waals surface area contributed by atoms with Crippen LogP contribution in [0.25, 0.3) is 0 Å². The minimum Gasteiger partial charge on any atom is -0.372 e. The Morgan fingerprint density at radius 3 is 3.00 bits per heavy atom. The van der Waals surface area contributed by atoms with E-state index in [4.69, 9.17) is 0 Å². The van der Waals surface area contributed by atoms with Crippen LogP contribution >= 0.6 is 11.3 Å². The number of ketones is 1. The second-order valence-corrected chi connectivity index (χ2v) is 4.16. The molecule has 14 heavy (non-hydrogen) atoms. The van der Waals surface area contributed by atoms with Crippen LogP contribution in [-0.2, 0) is 11.3 Å². The molecule has 1 aromatic heterocycles. The van der Waals surface area contributed by atoms with E-state index in [2.05, 4.69) is 9.88 Å². The monoisotopic (exact) mass is 208 g/mol. The summed E-state index contributed by atoms with van der Waals surface area (Å²) in [5, 5.41) is 2.04. The predicted molar refractivity (Wildman–Crippen MR) is 55.9 cm³/mol. The third-order valence-corrected chi connectivity index (χ3v) is 2.96. The molecule has 0 N–H and O–H groups in total. The molecule has 0 bridgehead atoms. The second-order valence-electron chi connectivity index (χ2n) is 3.44. The summed E-state index contributed by atoms with van der Waals surface area (Å²) < 4.78 is 0. The normalized spacial score (nSPS) is 15.8. The topological polar surface area (TPSA) is 33.2 Å². The van der Waals surface area contributed by atoms with E-state index < -0.39 is 0 Å². The lowest BCUT2D eigenvalue weighted by atomic mass is 10.3. The van der Waals surface area contributed by atoms with Gasteiger partial charge in [0, 0.05) is 30.6 Å². The fraction of sp³-hybridized carbons (Fsp3) is 0.400. The Hall–Kier alpha value is -1.16. The lowest BCUT2D eigenvalue weighted by Gasteiger charge is -2.18. The molecule has 74 valence electrons. The van der Waals surface area contributed by atoms with Crippen LogP contribution in [0.1, 0.15) is 18.5 Å². The van der Waals surface area contributed by atoms with Gasteiger partial charge in [-0.1, -0.05) is 0 Å². The maximum absolute atomic E-state index is 11.0. The molecule has 0 radical (unpaired) electrons. The molecule has 0 atom stereocenters. The summed E-state index contributed by atoms with van der Waals surface area (Å²) in [6, 6.07) is 0. The fourth-order valence-corrected chi connectivity index (χ4v) is 2.09. The van der Waals surface area contributed by atoms with Gasteiger partial charge < -0.3 is 4.90 Å². The van der Waals surface area contributed by atoms with Crippen molar-refractivity contribution in [3.8, 4) is 0 Å². The highest BCUT2D eigenvalue weighted by molar-refractivity contribution is 7.07. The van der Waals surface area contributed by atoms with Crippen LogP contribution in [0.5, 0.6) is 0 Å². The van der Waals surface area contributed by atoms with Gasteiger partial charge in [0.25, 0.3) is 0 Å². The summed E-state index contributed by atoms with van der Waals surface area (Å²) in [4.78, 5) is 17.4. The quantitative estimate of drug-likeness (QED) is 0.759. The average molecular weight is 208 g/mol. The zero-order chi connectivity index (χ0) is 9.97. The van der Waals surface area contributed by atoms with E-state index in [1.807, 2.05) is 17.9 Å². The molecular formula is C10H12N2OS. The summed E-state index contributed by atoms with van der Waals surface area (Å²) in [7, 11) is 2.00. The average Bonchev–Trinajstić information content (AvgIpc) is 2.75. The second kappa shape index (κ2) is 3.92. The van der Waals surface area contributed by atoms with Gasteiger partial charge in [-0.25, -0.2) is 4.98 Å². The lowest BCUT2D eigenvalue weighted by Crippen LogP contribution is -2.16. The van der Waals surface area contributed by atoms with E-state index in [9.17, 15) is 4.79 Å². The molecule has 4 heteroatoms. The molecule has 0 aliphatic heterocycles. The molecule has 1 aromatic rings. The van der Waals surface area contributed by atoms with Crippen LogP contribution in [-0.4, -0.2) is 22.7 Å². The van der Waals surface area contributed by atoms with E-state index in [-0.39, 0.29) is 5.78 Å². The van der Waals surface area contributed by atoms with Crippen LogP contribution in [0.15, 0.2) is 22.7 Å². The molecule has 1 heterocycles. The number of carbonyl (C=O) groups is 1. The highest BCUT2D eigenvalue weighted by atomic mass is 32.1. The molecule has 1 aliphatic carbocycles. The summed E-state index contributed by atoms with van der Waals surface area (Å²) in [5.41, 5.74) is 4.03. The molecule has 1 aliphatic rings. The SMILES string of the molecule is CN(Cc1cscn1)C1=CC(=O)CC1. The van der Waals surface area contributed by atoms with Crippen LogP contribution in [0.2, 0.25) is 0 Å². The van der Waals surface area contributed by atoms with Gasteiger partial charge in [-0.3, -0.25) is 4.79 Å². The smallest absolute Gasteiger partial charge is 0.157 e. The third kappa shape index (κ3) is 2.01. The van der Waals surface area contributed by atoms with E-state index >= 15 is 0 Å². The maximum Gasteiger partial charge on any atom is 0.157 e. The Morgan fingerprint density at radius 2 is 2.43 bits per heavy atom. The Balaban J connectivity index is 1.99. The van der Waals surface area contributed by atoms with Crippen molar-refractivity contribution in [3.05, 3.63) is 28.4 Å². The molecular weight excluding hydrogens is 196 g/mol. The van der Waals surface area contributed by atoms with Gasteiger partial charge in [0.15, 0.2) is 5.78 Å². The number of thiazole rings is 1. The number of aromatic nitrogens is 1. The lowest BCUT2D eigenvalue weighted by molar-refractivity contribution is -0.114. The molecule has 0 saturated heterocycles. The molecule has 0 unspecified atom stereocenters. The Morgan fingerprint density at radius 1 is 1.57 bits per heavy atom. The van der Waals surface area contributed by atoms with E-state index in [1.54, 1.807) is 17.4 Å². The fourth-order valence-electron chi connectivity index (χ4n) is 1.54. The van der Waals surface area contributed by atoms with E-state index in [0.29, 0.717) is 6.42 Å². The van der Waals surface area contributed by atoms with Crippen LogP contribution in [0, 0.1) is 0 Å². The molecule has 2 rings (SSSR count). The number of nitrogens with zero attached hydrogens (tertiary/aromatic N) is 2. The third-order valence-electron chi connectivity index (χ3n) is 2.33. The maximum atomic E-state index is 11.0. The predicted octanol–water partition coefficient (Wildman–Crippen LogP) is 1.82. The molecule has 0 aromatic carbocycles. The summed E-state index contributed by atoms with van der Waals surface area (Å²) in [6.45, 7) is 0.794. The van der Waals surface area contributed by atoms with Crippen LogP contribution in [0.3, 0.4) is 0 Å². The number of carbonyl (C=O) groups excluding carboxylic acids is 1. The number of hydrogen-bond acceptors (Lipinski definition) is 4. The van der Waals surface area contributed by atoms with Crippen molar-refractivity contribution in [1.29, 1.82) is 0 Å². The van der Waals surface area contributed by atoms with E-state index in [1.165, 1.54) is 0 Å². The molecule has 3 nitrogen and oxygen atoms in total. The number of rotatable bonds is 3. The molecule has 0 amide bonds. The van der Waals surface area contributed by atoms with Gasteiger partial charge in [0.05, 0.1) is 17.7 Å². The highest BCUT2D eigenvalue weighted by Crippen LogP contribution is 2.19. The Bertz CT molecular complexity index is 356. The number of allylic oxidation sites excluding steroid dienone is 2. The summed E-state index contributed by atoms with van der Waals surface area (Å²) in [6.07, 6.45) is 3.28. The standard InChI is InChI=1S/C10H12N2OS/c1-12(5-8-6-14-7-11-8)9-2-3-10(13)4-9/h4,6-7H,2-3,5H2,1H3. The van der Waals surface area contributed by atoms with Gasteiger partial charge in [0.1, 0.15) is 0 Å². The van der Waals surface area contributed by atoms with Crippen molar-refractivity contribution in [2.45, 2.75) is 19.4 Å². The van der Waals surface area contributed by atoms with Crippen LogP contribution < -0.4 is 0 Å². The minimum atomic E-state index is 0.241. The largest absolute Gasteiger partial charge is 0.372 e. The van der Waals surface area contributed by atoms with Gasteiger partial charge in [-0.2, -0.15) is 0 Å². The minimum absolute atomic E-state index is 0.241. The molecule has 0 fully saturated rings. The molecule has 0 spiro atoms. The first-order chi connectivity index (χ1) is 6.75. The van der Waals surface area contributed by atoms with Crippen molar-refractivity contribution < 1.29 is 4.79 Å². The van der Waals surface area contributed by atoms with Crippen LogP contribution in [0.4, 0.5) is 0 Å². The first-order valence-corrected chi connectivity index (χ1v) is 5.51. The highest BCUT2D eigenvalue weighted by Gasteiger charge is 2.15. The van der Waals surface area contributed by atoms with Crippen molar-refractivity contribution >= 4 is 17.1 Å². The molecule has 0 saturated carbocycles. The van der Waals surface area contributed by atoms with Gasteiger partial charge in [0.2, 0.25) is 0 Å². The van der Waals surface area contributed by atoms with Crippen molar-refractivity contribution in [3.63, 3.8) is 0 Å². The van der Waals surface area contributed by atoms with Crippen molar-refractivity contribution in [1.82, 2.24) is 9.88 Å². The summed E-state index contributed by atoms with van der Waals surface area (Å²) >= 11 is 1.60.